The topological polar surface area (TPSA) is 136 Å². The number of nitrogens with two attached hydrogens (primary N) is 4. The third-order valence-corrected chi connectivity index (χ3v) is 0. The number of hydrazine groups is 2. The molecule has 0 atom stereocenters. The molecule has 0 aromatic heterocycles. The maximum Gasteiger partial charge on any atom is -0.114 e. The number of halogens is 2. The second kappa shape index (κ2) is 388. The molecule has 0 aromatic rings. The van der Waals surface area contributed by atoms with Crippen molar-refractivity contribution >= 4 is 34.0 Å². The third kappa shape index (κ3) is 265. The van der Waals surface area contributed by atoms with Crippen molar-refractivity contribution in [1.82, 2.24) is 0 Å². The Morgan fingerprint density at radius 3 is 0.571 bits per heavy atom. The highest BCUT2D eigenvalue weighted by Crippen LogP contribution is 0.847. The minimum absolute atomic E-state index is 0. The Morgan fingerprint density at radius 1 is 0.571 bits per heavy atom. The van der Waals surface area contributed by atoms with Crippen LogP contribution in [0.1, 0.15) is 0 Å². The first-order valence-corrected chi connectivity index (χ1v) is 0.667. The second-order valence-electron chi connectivity index (χ2n) is 0. The monoisotopic (exact) mass is 242 g/mol. The Bertz CT molecular complexity index is 9.65. The van der Waals surface area contributed by atoms with Crippen molar-refractivity contribution in [3.05, 3.63) is 0 Å². The SMILES string of the molecule is Br.Br.NN.NN.O. The maximum absolute atomic E-state index is 4.00. The summed E-state index contributed by atoms with van der Waals surface area (Å²) in [6, 6.07) is 0. The lowest BCUT2D eigenvalue weighted by molar-refractivity contribution is 0.824. The van der Waals surface area contributed by atoms with E-state index in [1.54, 1.807) is 0 Å². The van der Waals surface area contributed by atoms with Crippen molar-refractivity contribution in [3.8, 4) is 0 Å². The van der Waals surface area contributed by atoms with E-state index < -0.39 is 0 Å². The molecule has 0 aliphatic rings. The fraction of sp³-hybridized carbons (Fsp3) is 0. The molecule has 5 nitrogen and oxygen atoms in total. The zero-order valence-corrected chi connectivity index (χ0v) is 7.05. The van der Waals surface area contributed by atoms with Crippen LogP contribution in [0.15, 0.2) is 0 Å². The van der Waals surface area contributed by atoms with Crippen molar-refractivity contribution in [2.75, 3.05) is 0 Å². The first kappa shape index (κ1) is 46.6. The maximum atomic E-state index is 4.00. The van der Waals surface area contributed by atoms with Crippen molar-refractivity contribution in [2.45, 2.75) is 0 Å². The molecule has 52 valence electrons. The first-order chi connectivity index (χ1) is 2.00. The van der Waals surface area contributed by atoms with Crippen molar-refractivity contribution in [2.24, 2.45) is 23.4 Å². The van der Waals surface area contributed by atoms with Gasteiger partial charge < -0.3 is 5.48 Å². The summed E-state index contributed by atoms with van der Waals surface area (Å²) in [7, 11) is 0. The quantitative estimate of drug-likeness (QED) is 0.288. The Kier molecular flexibility index (Phi) is 2580. The zero-order valence-electron chi connectivity index (χ0n) is 3.63. The van der Waals surface area contributed by atoms with Crippen LogP contribution in [0.3, 0.4) is 0 Å². The molecule has 0 aliphatic carbocycles. The summed E-state index contributed by atoms with van der Waals surface area (Å²) in [5, 5.41) is 0. The van der Waals surface area contributed by atoms with Gasteiger partial charge in [-0.25, -0.2) is 0 Å². The van der Waals surface area contributed by atoms with Crippen LogP contribution in [0.25, 0.3) is 0 Å². The summed E-state index contributed by atoms with van der Waals surface area (Å²) in [5.41, 5.74) is 0. The molecule has 0 bridgehead atoms. The molecule has 7 heavy (non-hydrogen) atoms. The molecule has 0 radical (unpaired) electrons. The summed E-state index contributed by atoms with van der Waals surface area (Å²) in [6.45, 7) is 0. The number of hydrogen-bond acceptors (Lipinski definition) is 4. The van der Waals surface area contributed by atoms with E-state index in [4.69, 9.17) is 0 Å². The van der Waals surface area contributed by atoms with Gasteiger partial charge in [0.25, 0.3) is 0 Å². The minimum Gasteiger partial charge on any atom is -0.412 e. The van der Waals surface area contributed by atoms with Gasteiger partial charge in [-0.3, -0.25) is 23.4 Å². The predicted octanol–water partition coefficient (Wildman–Crippen LogP) is -2.03. The third-order valence-electron chi connectivity index (χ3n) is 0. The van der Waals surface area contributed by atoms with Crippen LogP contribution in [0.4, 0.5) is 0 Å². The number of rotatable bonds is 0. The van der Waals surface area contributed by atoms with Gasteiger partial charge in [-0.15, -0.1) is 34.0 Å². The van der Waals surface area contributed by atoms with Crippen LogP contribution < -0.4 is 23.4 Å². The van der Waals surface area contributed by atoms with Crippen LogP contribution in [0, 0.1) is 0 Å². The smallest absolute Gasteiger partial charge is 0.114 e. The van der Waals surface area contributed by atoms with E-state index in [-0.39, 0.29) is 39.4 Å². The lowest BCUT2D eigenvalue weighted by atomic mass is 13.0. The highest BCUT2D eigenvalue weighted by Gasteiger charge is 0.728. The summed E-state index contributed by atoms with van der Waals surface area (Å²) >= 11 is 0. The molecule has 0 saturated carbocycles. The van der Waals surface area contributed by atoms with Gasteiger partial charge in [-0.1, -0.05) is 0 Å². The molecular weight excluding hydrogens is 232 g/mol. The highest BCUT2D eigenvalue weighted by molar-refractivity contribution is 8.93. The molecule has 0 aliphatic heterocycles. The largest absolute Gasteiger partial charge is 0.412 e. The summed E-state index contributed by atoms with van der Waals surface area (Å²) < 4.78 is 0. The van der Waals surface area contributed by atoms with Gasteiger partial charge in [0.1, 0.15) is 0 Å². The molecule has 0 heterocycles. The van der Waals surface area contributed by atoms with Crippen LogP contribution in [0.2, 0.25) is 0 Å². The first-order valence-electron chi connectivity index (χ1n) is 0.667. The van der Waals surface area contributed by atoms with Gasteiger partial charge in [-0.2, -0.15) is 0 Å². The Hall–Kier alpha value is 0.760. The summed E-state index contributed by atoms with van der Waals surface area (Å²) in [5.74, 6) is 16.0. The van der Waals surface area contributed by atoms with E-state index in [1.807, 2.05) is 0 Å². The second-order valence-corrected chi connectivity index (χ2v) is 0. The molecule has 10 N–H and O–H groups in total. The van der Waals surface area contributed by atoms with Gasteiger partial charge in [-0.05, 0) is 0 Å². The average molecular weight is 244 g/mol. The molecule has 0 fully saturated rings. The molecule has 0 unspecified atom stereocenters. The number of hydrogen-bond donors (Lipinski definition) is 4. The van der Waals surface area contributed by atoms with Crippen molar-refractivity contribution in [1.29, 1.82) is 0 Å². The van der Waals surface area contributed by atoms with Gasteiger partial charge in [0, 0.05) is 0 Å². The summed E-state index contributed by atoms with van der Waals surface area (Å²) in [4.78, 5) is 0. The highest BCUT2D eigenvalue weighted by atomic mass is 79.9. The van der Waals surface area contributed by atoms with E-state index in [2.05, 4.69) is 23.4 Å². The van der Waals surface area contributed by atoms with Crippen molar-refractivity contribution < 1.29 is 5.48 Å². The van der Waals surface area contributed by atoms with E-state index in [0.717, 1.165) is 0 Å². The van der Waals surface area contributed by atoms with Gasteiger partial charge in [0.05, 0.1) is 0 Å². The van der Waals surface area contributed by atoms with E-state index in [1.165, 1.54) is 0 Å². The van der Waals surface area contributed by atoms with Crippen LogP contribution in [-0.4, -0.2) is 5.48 Å². The standard InChI is InChI=1S/2BrH.2H4N2.H2O/c;;2*1-2;/h2*1H;2*1-2H2;1H2. The van der Waals surface area contributed by atoms with E-state index >= 15 is 0 Å². The predicted molar refractivity (Wildman–Crippen MR) is 41.0 cm³/mol. The molecule has 0 spiro atoms. The zero-order chi connectivity index (χ0) is 4.00. The Balaban J connectivity index is -0.00000000267. The van der Waals surface area contributed by atoms with Crippen molar-refractivity contribution in [3.63, 3.8) is 0 Å². The van der Waals surface area contributed by atoms with Crippen LogP contribution >= 0.6 is 34.0 Å². The molecule has 0 amide bonds. The molecule has 7 heteroatoms. The molecule has 0 rings (SSSR count). The fourth-order valence-corrected chi connectivity index (χ4v) is 0. The minimum atomic E-state index is 0. The fourth-order valence-electron chi connectivity index (χ4n) is 0. The Morgan fingerprint density at radius 2 is 0.571 bits per heavy atom. The molecule has 0 aromatic carbocycles. The van der Waals surface area contributed by atoms with E-state index in [0.29, 0.717) is 0 Å². The average Bonchev–Trinajstić information content (AvgIpc) is 1.50. The van der Waals surface area contributed by atoms with Gasteiger partial charge >= 0.3 is 0 Å². The lowest BCUT2D eigenvalue weighted by Gasteiger charge is -1.27. The summed E-state index contributed by atoms with van der Waals surface area (Å²) in [6.07, 6.45) is 0. The van der Waals surface area contributed by atoms with Gasteiger partial charge in [0.2, 0.25) is 0 Å². The van der Waals surface area contributed by atoms with Crippen LogP contribution in [0.5, 0.6) is 0 Å². The molecular formula is H12Br2N4O. The lowest BCUT2D eigenvalue weighted by Crippen LogP contribution is -2.02. The van der Waals surface area contributed by atoms with Crippen LogP contribution in [-0.2, 0) is 0 Å². The van der Waals surface area contributed by atoms with E-state index in [9.17, 15) is 0 Å². The Labute approximate surface area is 63.2 Å². The normalized spacial score (nSPS) is 1.71. The van der Waals surface area contributed by atoms with Gasteiger partial charge in [0.15, 0.2) is 0 Å². The molecule has 0 saturated heterocycles.